The molecule has 0 atom stereocenters. The van der Waals surface area contributed by atoms with Crippen LogP contribution in [0.4, 0.5) is 16.2 Å². The average Bonchev–Trinajstić information content (AvgIpc) is 2.96. The van der Waals surface area contributed by atoms with Gasteiger partial charge in [0.15, 0.2) is 0 Å². The van der Waals surface area contributed by atoms with Crippen molar-refractivity contribution in [3.05, 3.63) is 71.9 Å². The number of hydrogen-bond acceptors (Lipinski definition) is 1. The summed E-state index contributed by atoms with van der Waals surface area (Å²) in [7, 11) is 1.99. The van der Waals surface area contributed by atoms with Gasteiger partial charge in [0, 0.05) is 40.9 Å². The third-order valence-corrected chi connectivity index (χ3v) is 3.71. The number of nitrogens with one attached hydrogen (secondary N) is 2. The van der Waals surface area contributed by atoms with Crippen LogP contribution < -0.4 is 10.6 Å². The zero-order chi connectivity index (χ0) is 16.2. The van der Waals surface area contributed by atoms with Gasteiger partial charge in [0.25, 0.3) is 0 Å². The van der Waals surface area contributed by atoms with Crippen LogP contribution in [0.2, 0.25) is 5.02 Å². The molecule has 4 nitrogen and oxygen atoms in total. The number of urea groups is 1. The van der Waals surface area contributed by atoms with Gasteiger partial charge in [-0.2, -0.15) is 0 Å². The fourth-order valence-electron chi connectivity index (χ4n) is 2.34. The molecular formula is C18H16ClN3O. The van der Waals surface area contributed by atoms with E-state index in [1.807, 2.05) is 54.2 Å². The average molecular weight is 326 g/mol. The van der Waals surface area contributed by atoms with Crippen LogP contribution >= 0.6 is 11.6 Å². The van der Waals surface area contributed by atoms with Gasteiger partial charge in [-0.15, -0.1) is 0 Å². The number of halogens is 1. The molecule has 1 aromatic heterocycles. The standard InChI is InChI=1S/C18H16ClN3O/c1-22-11-3-6-17(22)13-4-2-5-16(12-13)21-18(23)20-15-9-7-14(19)8-10-15/h2-12H,1H3,(H2,20,21,23). The highest BCUT2D eigenvalue weighted by molar-refractivity contribution is 6.30. The summed E-state index contributed by atoms with van der Waals surface area (Å²) in [5, 5.41) is 6.23. The molecule has 2 amide bonds. The summed E-state index contributed by atoms with van der Waals surface area (Å²) in [6.45, 7) is 0. The summed E-state index contributed by atoms with van der Waals surface area (Å²) >= 11 is 5.83. The van der Waals surface area contributed by atoms with E-state index in [4.69, 9.17) is 11.6 Å². The molecule has 5 heteroatoms. The predicted octanol–water partition coefficient (Wildman–Crippen LogP) is 4.99. The Hall–Kier alpha value is -2.72. The molecule has 116 valence electrons. The first-order valence-corrected chi connectivity index (χ1v) is 7.55. The summed E-state index contributed by atoms with van der Waals surface area (Å²) in [6, 6.07) is 18.4. The lowest BCUT2D eigenvalue weighted by molar-refractivity contribution is 0.262. The van der Waals surface area contributed by atoms with Crippen LogP contribution in [0.25, 0.3) is 11.3 Å². The fourth-order valence-corrected chi connectivity index (χ4v) is 2.47. The predicted molar refractivity (Wildman–Crippen MR) is 94.9 cm³/mol. The van der Waals surface area contributed by atoms with Crippen molar-refractivity contribution in [3.8, 4) is 11.3 Å². The van der Waals surface area contributed by atoms with E-state index in [9.17, 15) is 4.79 Å². The van der Waals surface area contributed by atoms with Crippen LogP contribution in [0.15, 0.2) is 66.9 Å². The molecule has 0 saturated carbocycles. The van der Waals surface area contributed by atoms with Crippen molar-refractivity contribution >= 4 is 29.0 Å². The van der Waals surface area contributed by atoms with E-state index < -0.39 is 0 Å². The molecule has 0 saturated heterocycles. The number of amides is 2. The molecule has 0 unspecified atom stereocenters. The Kier molecular flexibility index (Phi) is 4.35. The van der Waals surface area contributed by atoms with E-state index in [0.29, 0.717) is 10.7 Å². The van der Waals surface area contributed by atoms with E-state index in [1.165, 1.54) is 0 Å². The monoisotopic (exact) mass is 325 g/mol. The van der Waals surface area contributed by atoms with Crippen molar-refractivity contribution in [3.63, 3.8) is 0 Å². The maximum absolute atomic E-state index is 12.1. The second kappa shape index (κ2) is 6.58. The molecule has 0 spiro atoms. The number of carbonyl (C=O) groups excluding carboxylic acids is 1. The van der Waals surface area contributed by atoms with Crippen LogP contribution in [0, 0.1) is 0 Å². The summed E-state index contributed by atoms with van der Waals surface area (Å²) in [5.41, 5.74) is 3.55. The first-order valence-electron chi connectivity index (χ1n) is 7.17. The highest BCUT2D eigenvalue weighted by atomic mass is 35.5. The highest BCUT2D eigenvalue weighted by Gasteiger charge is 2.06. The number of aryl methyl sites for hydroxylation is 1. The topological polar surface area (TPSA) is 46.1 Å². The van der Waals surface area contributed by atoms with Gasteiger partial charge in [0.2, 0.25) is 0 Å². The largest absolute Gasteiger partial charge is 0.351 e. The Bertz CT molecular complexity index is 824. The maximum atomic E-state index is 12.1. The third kappa shape index (κ3) is 3.73. The number of rotatable bonds is 3. The molecule has 2 N–H and O–H groups in total. The van der Waals surface area contributed by atoms with E-state index in [0.717, 1.165) is 16.9 Å². The van der Waals surface area contributed by atoms with Crippen LogP contribution in [0.5, 0.6) is 0 Å². The first kappa shape index (κ1) is 15.2. The van der Waals surface area contributed by atoms with Gasteiger partial charge >= 0.3 is 6.03 Å². The van der Waals surface area contributed by atoms with E-state index in [1.54, 1.807) is 24.3 Å². The van der Waals surface area contributed by atoms with Crippen LogP contribution in [0.3, 0.4) is 0 Å². The number of hydrogen-bond donors (Lipinski definition) is 2. The van der Waals surface area contributed by atoms with Gasteiger partial charge in [-0.1, -0.05) is 23.7 Å². The highest BCUT2D eigenvalue weighted by Crippen LogP contribution is 2.23. The molecule has 23 heavy (non-hydrogen) atoms. The summed E-state index contributed by atoms with van der Waals surface area (Å²) in [6.07, 6.45) is 1.99. The quantitative estimate of drug-likeness (QED) is 0.700. The van der Waals surface area contributed by atoms with Crippen LogP contribution in [0.1, 0.15) is 0 Å². The second-order valence-electron chi connectivity index (χ2n) is 5.17. The van der Waals surface area contributed by atoms with Crippen molar-refractivity contribution in [2.24, 2.45) is 7.05 Å². The lowest BCUT2D eigenvalue weighted by Crippen LogP contribution is -2.19. The first-order chi connectivity index (χ1) is 11.1. The molecule has 2 aromatic carbocycles. The Balaban J connectivity index is 1.71. The summed E-state index contributed by atoms with van der Waals surface area (Å²) in [4.78, 5) is 12.1. The van der Waals surface area contributed by atoms with Crippen molar-refractivity contribution in [2.75, 3.05) is 10.6 Å². The molecule has 0 aliphatic rings. The molecular weight excluding hydrogens is 310 g/mol. The lowest BCUT2D eigenvalue weighted by atomic mass is 10.1. The van der Waals surface area contributed by atoms with Crippen molar-refractivity contribution in [1.82, 2.24) is 4.57 Å². The Labute approximate surface area is 139 Å². The molecule has 0 radical (unpaired) electrons. The number of nitrogens with zero attached hydrogens (tertiary/aromatic N) is 1. The number of aromatic nitrogens is 1. The van der Waals surface area contributed by atoms with E-state index in [2.05, 4.69) is 10.6 Å². The van der Waals surface area contributed by atoms with Gasteiger partial charge in [0.1, 0.15) is 0 Å². The number of carbonyl (C=O) groups is 1. The van der Waals surface area contributed by atoms with Crippen LogP contribution in [-0.2, 0) is 7.05 Å². The molecule has 3 aromatic rings. The number of benzene rings is 2. The zero-order valence-corrected chi connectivity index (χ0v) is 13.3. The minimum absolute atomic E-state index is 0.295. The second-order valence-corrected chi connectivity index (χ2v) is 5.61. The third-order valence-electron chi connectivity index (χ3n) is 3.46. The van der Waals surface area contributed by atoms with Crippen LogP contribution in [-0.4, -0.2) is 10.6 Å². The summed E-state index contributed by atoms with van der Waals surface area (Å²) < 4.78 is 2.03. The molecule has 1 heterocycles. The molecule has 0 aliphatic carbocycles. The lowest BCUT2D eigenvalue weighted by Gasteiger charge is -2.10. The minimum Gasteiger partial charge on any atom is -0.351 e. The molecule has 3 rings (SSSR count). The van der Waals surface area contributed by atoms with Gasteiger partial charge in [-0.05, 0) is 48.5 Å². The smallest absolute Gasteiger partial charge is 0.323 e. The summed E-state index contributed by atoms with van der Waals surface area (Å²) in [5.74, 6) is 0. The Morgan fingerprint density at radius 2 is 1.70 bits per heavy atom. The zero-order valence-electron chi connectivity index (χ0n) is 12.6. The molecule has 0 fully saturated rings. The fraction of sp³-hybridized carbons (Fsp3) is 0.0556. The van der Waals surface area contributed by atoms with E-state index in [-0.39, 0.29) is 6.03 Å². The van der Waals surface area contributed by atoms with Crippen molar-refractivity contribution in [1.29, 1.82) is 0 Å². The maximum Gasteiger partial charge on any atom is 0.323 e. The van der Waals surface area contributed by atoms with Gasteiger partial charge < -0.3 is 15.2 Å². The van der Waals surface area contributed by atoms with Gasteiger partial charge in [-0.3, -0.25) is 0 Å². The Morgan fingerprint density at radius 1 is 0.957 bits per heavy atom. The minimum atomic E-state index is -0.295. The Morgan fingerprint density at radius 3 is 2.39 bits per heavy atom. The number of anilines is 2. The SMILES string of the molecule is Cn1cccc1-c1cccc(NC(=O)Nc2ccc(Cl)cc2)c1. The van der Waals surface area contributed by atoms with Gasteiger partial charge in [-0.25, -0.2) is 4.79 Å². The normalized spacial score (nSPS) is 10.3. The van der Waals surface area contributed by atoms with E-state index >= 15 is 0 Å². The molecule has 0 bridgehead atoms. The van der Waals surface area contributed by atoms with Crippen molar-refractivity contribution in [2.45, 2.75) is 0 Å². The van der Waals surface area contributed by atoms with Crippen molar-refractivity contribution < 1.29 is 4.79 Å². The van der Waals surface area contributed by atoms with Gasteiger partial charge in [0.05, 0.1) is 0 Å². The molecule has 0 aliphatic heterocycles.